The third kappa shape index (κ3) is 6.69. The van der Waals surface area contributed by atoms with Crippen LogP contribution in [-0.4, -0.2) is 0 Å². The molecule has 0 unspecified atom stereocenters. The summed E-state index contributed by atoms with van der Waals surface area (Å²) in [6, 6.07) is 0. The van der Waals surface area contributed by atoms with E-state index in [1.807, 2.05) is 0 Å². The molecular formula is C12H26. The smallest absolute Gasteiger partial charge is 0.0443 e. The van der Waals surface area contributed by atoms with E-state index in [0.29, 0.717) is 0 Å². The standard InChI is InChI=1S/C12H26/c1-5-8-12(4)10-7-9-11(3)6-2/h11-12H,5-10H2,1-4H3/t11-,12+/m1/s1. The van der Waals surface area contributed by atoms with Crippen LogP contribution >= 0.6 is 0 Å². The average Bonchev–Trinajstić information content (AvgIpc) is 2.04. The van der Waals surface area contributed by atoms with Crippen molar-refractivity contribution < 1.29 is 0 Å². The Balaban J connectivity index is 3.18. The molecule has 0 aromatic carbocycles. The fraction of sp³-hybridized carbons (Fsp3) is 1.00. The van der Waals surface area contributed by atoms with E-state index in [4.69, 9.17) is 0 Å². The maximum Gasteiger partial charge on any atom is -0.0443 e. The molecule has 0 saturated carbocycles. The lowest BCUT2D eigenvalue weighted by atomic mass is 9.95. The molecule has 0 aliphatic heterocycles. The maximum atomic E-state index is 2.39. The molecule has 0 aliphatic carbocycles. The van der Waals surface area contributed by atoms with Crippen LogP contribution in [-0.2, 0) is 0 Å². The van der Waals surface area contributed by atoms with Crippen LogP contribution < -0.4 is 0 Å². The predicted molar refractivity (Wildman–Crippen MR) is 57.4 cm³/mol. The van der Waals surface area contributed by atoms with E-state index in [9.17, 15) is 0 Å². The van der Waals surface area contributed by atoms with Crippen molar-refractivity contribution in [1.82, 2.24) is 0 Å². The Labute approximate surface area is 78.8 Å². The Bertz CT molecular complexity index is 86.0. The van der Waals surface area contributed by atoms with E-state index < -0.39 is 0 Å². The van der Waals surface area contributed by atoms with Crippen molar-refractivity contribution in [3.05, 3.63) is 0 Å². The average molecular weight is 170 g/mol. The van der Waals surface area contributed by atoms with Gasteiger partial charge in [0.25, 0.3) is 0 Å². The zero-order valence-electron chi connectivity index (χ0n) is 9.40. The molecule has 0 bridgehead atoms. The molecule has 0 N–H and O–H groups in total. The zero-order chi connectivity index (χ0) is 9.40. The van der Waals surface area contributed by atoms with E-state index in [-0.39, 0.29) is 0 Å². The second-order valence-corrected chi connectivity index (χ2v) is 4.34. The maximum absolute atomic E-state index is 2.39. The first-order valence-electron chi connectivity index (χ1n) is 5.70. The van der Waals surface area contributed by atoms with E-state index in [2.05, 4.69) is 27.7 Å². The minimum absolute atomic E-state index is 0.943. The van der Waals surface area contributed by atoms with E-state index >= 15 is 0 Å². The van der Waals surface area contributed by atoms with Crippen LogP contribution in [0.15, 0.2) is 0 Å². The lowest BCUT2D eigenvalue weighted by Crippen LogP contribution is -1.97. The largest absolute Gasteiger partial charge is 0.0654 e. The summed E-state index contributed by atoms with van der Waals surface area (Å²) in [7, 11) is 0. The van der Waals surface area contributed by atoms with Crippen molar-refractivity contribution >= 4 is 0 Å². The van der Waals surface area contributed by atoms with Gasteiger partial charge in [0, 0.05) is 0 Å². The third-order valence-electron chi connectivity index (χ3n) is 2.87. The number of hydrogen-bond donors (Lipinski definition) is 0. The molecule has 0 spiro atoms. The van der Waals surface area contributed by atoms with Gasteiger partial charge >= 0.3 is 0 Å². The molecule has 0 saturated heterocycles. The van der Waals surface area contributed by atoms with Crippen molar-refractivity contribution in [2.75, 3.05) is 0 Å². The highest BCUT2D eigenvalue weighted by atomic mass is 14.1. The van der Waals surface area contributed by atoms with Gasteiger partial charge in [-0.3, -0.25) is 0 Å². The van der Waals surface area contributed by atoms with Gasteiger partial charge < -0.3 is 0 Å². The zero-order valence-corrected chi connectivity index (χ0v) is 9.40. The molecule has 74 valence electrons. The summed E-state index contributed by atoms with van der Waals surface area (Å²) in [6.07, 6.45) is 8.44. The molecule has 2 atom stereocenters. The predicted octanol–water partition coefficient (Wildman–Crippen LogP) is 4.64. The van der Waals surface area contributed by atoms with Gasteiger partial charge in [-0.2, -0.15) is 0 Å². The SMILES string of the molecule is CCC[C@H](C)CCC[C@H](C)CC. The normalized spacial score (nSPS) is 16.0. The Morgan fingerprint density at radius 1 is 0.833 bits per heavy atom. The molecule has 12 heavy (non-hydrogen) atoms. The van der Waals surface area contributed by atoms with Crippen LogP contribution in [0.2, 0.25) is 0 Å². The number of rotatable bonds is 7. The van der Waals surface area contributed by atoms with Crippen LogP contribution in [0.1, 0.15) is 66.2 Å². The van der Waals surface area contributed by atoms with Gasteiger partial charge in [-0.25, -0.2) is 0 Å². The van der Waals surface area contributed by atoms with Gasteiger partial charge in [-0.1, -0.05) is 66.2 Å². The summed E-state index contributed by atoms with van der Waals surface area (Å²) in [4.78, 5) is 0. The highest BCUT2D eigenvalue weighted by molar-refractivity contribution is 4.55. The van der Waals surface area contributed by atoms with Gasteiger partial charge in [0.2, 0.25) is 0 Å². The van der Waals surface area contributed by atoms with Crippen LogP contribution in [0, 0.1) is 11.8 Å². The summed E-state index contributed by atoms with van der Waals surface area (Å²) in [5.74, 6) is 1.90. The molecule has 0 aromatic heterocycles. The molecule has 0 fully saturated rings. The van der Waals surface area contributed by atoms with Crippen molar-refractivity contribution in [3.63, 3.8) is 0 Å². The van der Waals surface area contributed by atoms with Crippen molar-refractivity contribution in [2.45, 2.75) is 66.2 Å². The molecular weight excluding hydrogens is 144 g/mol. The molecule has 0 rings (SSSR count). The lowest BCUT2D eigenvalue weighted by Gasteiger charge is -2.11. The second kappa shape index (κ2) is 7.64. The summed E-state index contributed by atoms with van der Waals surface area (Å²) >= 11 is 0. The van der Waals surface area contributed by atoms with Crippen LogP contribution in [0.25, 0.3) is 0 Å². The first-order valence-corrected chi connectivity index (χ1v) is 5.70. The Morgan fingerprint density at radius 3 is 1.92 bits per heavy atom. The van der Waals surface area contributed by atoms with Gasteiger partial charge in [-0.15, -0.1) is 0 Å². The topological polar surface area (TPSA) is 0 Å². The summed E-state index contributed by atoms with van der Waals surface area (Å²) < 4.78 is 0. The van der Waals surface area contributed by atoms with E-state index in [1.165, 1.54) is 38.5 Å². The third-order valence-corrected chi connectivity index (χ3v) is 2.87. The highest BCUT2D eigenvalue weighted by Crippen LogP contribution is 2.17. The van der Waals surface area contributed by atoms with Crippen molar-refractivity contribution in [1.29, 1.82) is 0 Å². The minimum Gasteiger partial charge on any atom is -0.0654 e. The highest BCUT2D eigenvalue weighted by Gasteiger charge is 2.02. The summed E-state index contributed by atoms with van der Waals surface area (Å²) in [5, 5.41) is 0. The van der Waals surface area contributed by atoms with Crippen LogP contribution in [0.3, 0.4) is 0 Å². The van der Waals surface area contributed by atoms with E-state index in [1.54, 1.807) is 0 Å². The Kier molecular flexibility index (Phi) is 7.64. The van der Waals surface area contributed by atoms with Gasteiger partial charge in [0.1, 0.15) is 0 Å². The summed E-state index contributed by atoms with van der Waals surface area (Å²) in [5.41, 5.74) is 0. The van der Waals surface area contributed by atoms with Crippen molar-refractivity contribution in [3.8, 4) is 0 Å². The van der Waals surface area contributed by atoms with Crippen LogP contribution in [0.5, 0.6) is 0 Å². The molecule has 0 heteroatoms. The van der Waals surface area contributed by atoms with Gasteiger partial charge in [0.05, 0.1) is 0 Å². The minimum atomic E-state index is 0.943. The summed E-state index contributed by atoms with van der Waals surface area (Å²) in [6.45, 7) is 9.33. The first-order chi connectivity index (χ1) is 5.70. The molecule has 0 nitrogen and oxygen atoms in total. The van der Waals surface area contributed by atoms with Crippen molar-refractivity contribution in [2.24, 2.45) is 11.8 Å². The molecule has 0 aromatic rings. The van der Waals surface area contributed by atoms with Gasteiger partial charge in [0.15, 0.2) is 0 Å². The quantitative estimate of drug-likeness (QED) is 0.522. The van der Waals surface area contributed by atoms with Crippen LogP contribution in [0.4, 0.5) is 0 Å². The van der Waals surface area contributed by atoms with E-state index in [0.717, 1.165) is 11.8 Å². The molecule has 0 amide bonds. The van der Waals surface area contributed by atoms with Gasteiger partial charge in [-0.05, 0) is 11.8 Å². The fourth-order valence-corrected chi connectivity index (χ4v) is 1.66. The Hall–Kier alpha value is 0. The molecule has 0 radical (unpaired) electrons. The Morgan fingerprint density at radius 2 is 1.42 bits per heavy atom. The first kappa shape index (κ1) is 12.0. The molecule has 0 heterocycles. The lowest BCUT2D eigenvalue weighted by molar-refractivity contribution is 0.416. The number of hydrogen-bond acceptors (Lipinski definition) is 0. The monoisotopic (exact) mass is 170 g/mol. The fourth-order valence-electron chi connectivity index (χ4n) is 1.66. The molecule has 0 aliphatic rings. The second-order valence-electron chi connectivity index (χ2n) is 4.34.